The van der Waals surface area contributed by atoms with E-state index < -0.39 is 33.7 Å². The number of carbonyl (C=O) groups excluding carboxylic acids is 1. The fourth-order valence-electron chi connectivity index (χ4n) is 3.52. The number of nitro benzene ring substituents is 1. The van der Waals surface area contributed by atoms with E-state index in [9.17, 15) is 32.9 Å². The van der Waals surface area contributed by atoms with Crippen molar-refractivity contribution in [2.45, 2.75) is 20.0 Å². The molecule has 0 aliphatic carbocycles. The molecule has 0 aliphatic rings. The van der Waals surface area contributed by atoms with Crippen LogP contribution in [0.1, 0.15) is 27.4 Å². The molecule has 0 aliphatic heterocycles. The highest BCUT2D eigenvalue weighted by Gasteiger charge is 2.31. The van der Waals surface area contributed by atoms with Crippen molar-refractivity contribution in [3.05, 3.63) is 104 Å². The summed E-state index contributed by atoms with van der Waals surface area (Å²) in [6, 6.07) is 12.5. The third-order valence-corrected chi connectivity index (χ3v) is 5.12. The number of carbonyl (C=O) groups is 1. The molecule has 0 bridgehead atoms. The van der Waals surface area contributed by atoms with E-state index in [0.717, 1.165) is 27.6 Å². The number of halogens is 3. The van der Waals surface area contributed by atoms with Crippen LogP contribution in [0, 0.1) is 24.0 Å². The van der Waals surface area contributed by atoms with E-state index in [0.29, 0.717) is 5.69 Å². The normalized spacial score (nSPS) is 11.4. The number of amides is 1. The molecular formula is C23H17F3N6O4. The zero-order chi connectivity index (χ0) is 26.2. The van der Waals surface area contributed by atoms with Crippen molar-refractivity contribution in [1.82, 2.24) is 19.6 Å². The Morgan fingerprint density at radius 2 is 1.72 bits per heavy atom. The molecule has 0 fully saturated rings. The molecule has 2 heterocycles. The van der Waals surface area contributed by atoms with Gasteiger partial charge in [-0.15, -0.1) is 0 Å². The van der Waals surface area contributed by atoms with Gasteiger partial charge in [0.05, 0.1) is 21.9 Å². The lowest BCUT2D eigenvalue weighted by molar-refractivity contribution is -0.384. The summed E-state index contributed by atoms with van der Waals surface area (Å²) in [5.41, 5.74) is -1.82. The Bertz CT molecular complexity index is 1560. The summed E-state index contributed by atoms with van der Waals surface area (Å²) in [7, 11) is 0. The lowest BCUT2D eigenvalue weighted by Crippen LogP contribution is -2.27. The van der Waals surface area contributed by atoms with E-state index in [1.807, 2.05) is 0 Å². The molecule has 0 spiro atoms. The van der Waals surface area contributed by atoms with Crippen LogP contribution in [-0.2, 0) is 6.18 Å². The molecule has 1 N–H and O–H groups in total. The zero-order valence-corrected chi connectivity index (χ0v) is 18.8. The van der Waals surface area contributed by atoms with Gasteiger partial charge >= 0.3 is 6.18 Å². The molecule has 2 aromatic carbocycles. The number of hydrogen-bond donors (Lipinski definition) is 1. The van der Waals surface area contributed by atoms with Crippen LogP contribution in [0.4, 0.5) is 24.7 Å². The Hall–Kier alpha value is -4.81. The van der Waals surface area contributed by atoms with Crippen molar-refractivity contribution in [3.8, 4) is 11.4 Å². The van der Waals surface area contributed by atoms with Crippen LogP contribution >= 0.6 is 0 Å². The molecule has 0 radical (unpaired) electrons. The number of nitrogens with zero attached hydrogens (tertiary/aromatic N) is 5. The van der Waals surface area contributed by atoms with Crippen LogP contribution in [-0.4, -0.2) is 30.4 Å². The maximum Gasteiger partial charge on any atom is 0.416 e. The summed E-state index contributed by atoms with van der Waals surface area (Å²) in [5, 5.41) is 22.1. The lowest BCUT2D eigenvalue weighted by atomic mass is 10.2. The predicted octanol–water partition coefficient (Wildman–Crippen LogP) is 4.21. The second kappa shape index (κ2) is 9.09. The first kappa shape index (κ1) is 24.3. The van der Waals surface area contributed by atoms with Crippen molar-refractivity contribution < 1.29 is 22.9 Å². The summed E-state index contributed by atoms with van der Waals surface area (Å²) in [5.74, 6) is -0.976. The molecule has 4 rings (SSSR count). The van der Waals surface area contributed by atoms with Gasteiger partial charge in [0.1, 0.15) is 11.5 Å². The van der Waals surface area contributed by atoms with Crippen molar-refractivity contribution in [2.24, 2.45) is 0 Å². The van der Waals surface area contributed by atoms with Crippen LogP contribution in [0.5, 0.6) is 0 Å². The molecule has 184 valence electrons. The van der Waals surface area contributed by atoms with Gasteiger partial charge in [-0.1, -0.05) is 18.2 Å². The van der Waals surface area contributed by atoms with Crippen LogP contribution in [0.25, 0.3) is 11.4 Å². The molecule has 10 nitrogen and oxygen atoms in total. The summed E-state index contributed by atoms with van der Waals surface area (Å²) in [6.45, 7) is 3.07. The highest BCUT2D eigenvalue weighted by Crippen LogP contribution is 2.31. The van der Waals surface area contributed by atoms with Gasteiger partial charge in [-0.3, -0.25) is 19.7 Å². The number of benzene rings is 2. The van der Waals surface area contributed by atoms with Crippen LogP contribution in [0.15, 0.2) is 65.5 Å². The standard InChI is InChI=1S/C23H17F3N6O4/c1-13-10-20(31(28-13)16-7-5-6-15(12-16)23(24,25)26)27-22(34)21-19(33)11-14(2)30(29-21)17-8-3-4-9-18(17)32(35)36/h3-12H,1-2H3,(H,27,34). The van der Waals surface area contributed by atoms with E-state index in [1.165, 1.54) is 49.4 Å². The molecule has 0 unspecified atom stereocenters. The van der Waals surface area contributed by atoms with Gasteiger partial charge in [-0.25, -0.2) is 9.36 Å². The SMILES string of the molecule is Cc1cc(NC(=O)c2nn(-c3ccccc3[N+](=O)[O-])c(C)cc2=O)n(-c2cccc(C(F)(F)F)c2)n1. The van der Waals surface area contributed by atoms with E-state index in [4.69, 9.17) is 0 Å². The van der Waals surface area contributed by atoms with E-state index >= 15 is 0 Å². The van der Waals surface area contributed by atoms with Crippen molar-refractivity contribution in [3.63, 3.8) is 0 Å². The smallest absolute Gasteiger partial charge is 0.305 e. The Balaban J connectivity index is 1.74. The summed E-state index contributed by atoms with van der Waals surface area (Å²) in [6.07, 6.45) is -4.58. The average Bonchev–Trinajstić information content (AvgIpc) is 3.18. The topological polar surface area (TPSA) is 125 Å². The Kier molecular flexibility index (Phi) is 6.14. The number of aromatic nitrogens is 4. The average molecular weight is 498 g/mol. The van der Waals surface area contributed by atoms with Gasteiger partial charge in [0, 0.05) is 23.9 Å². The van der Waals surface area contributed by atoms with Gasteiger partial charge < -0.3 is 5.32 Å². The third-order valence-electron chi connectivity index (χ3n) is 5.12. The molecule has 13 heteroatoms. The number of alkyl halides is 3. The van der Waals surface area contributed by atoms with Crippen molar-refractivity contribution in [1.29, 1.82) is 0 Å². The minimum absolute atomic E-state index is 0.00385. The van der Waals surface area contributed by atoms with Crippen LogP contribution < -0.4 is 10.7 Å². The lowest BCUT2D eigenvalue weighted by Gasteiger charge is -2.13. The zero-order valence-electron chi connectivity index (χ0n) is 18.8. The number of hydrogen-bond acceptors (Lipinski definition) is 6. The maximum absolute atomic E-state index is 13.2. The Labute approximate surface area is 200 Å². The van der Waals surface area contributed by atoms with Crippen LogP contribution in [0.2, 0.25) is 0 Å². The van der Waals surface area contributed by atoms with E-state index in [-0.39, 0.29) is 28.6 Å². The minimum atomic E-state index is -4.58. The van der Waals surface area contributed by atoms with Gasteiger partial charge in [0.15, 0.2) is 5.69 Å². The highest BCUT2D eigenvalue weighted by molar-refractivity contribution is 6.02. The first-order chi connectivity index (χ1) is 17.0. The molecule has 36 heavy (non-hydrogen) atoms. The third kappa shape index (κ3) is 4.71. The van der Waals surface area contributed by atoms with E-state index in [2.05, 4.69) is 15.5 Å². The van der Waals surface area contributed by atoms with Gasteiger partial charge in [0.25, 0.3) is 11.6 Å². The largest absolute Gasteiger partial charge is 0.416 e. The summed E-state index contributed by atoms with van der Waals surface area (Å²) >= 11 is 0. The number of aryl methyl sites for hydroxylation is 2. The number of rotatable bonds is 5. The molecule has 4 aromatic rings. The first-order valence-corrected chi connectivity index (χ1v) is 10.4. The fourth-order valence-corrected chi connectivity index (χ4v) is 3.52. The quantitative estimate of drug-likeness (QED) is 0.325. The van der Waals surface area contributed by atoms with Gasteiger partial charge in [-0.05, 0) is 38.1 Å². The Morgan fingerprint density at radius 1 is 1.00 bits per heavy atom. The Morgan fingerprint density at radius 3 is 2.42 bits per heavy atom. The molecule has 0 saturated heterocycles. The molecule has 0 saturated carbocycles. The monoisotopic (exact) mass is 498 g/mol. The van der Waals surface area contributed by atoms with Crippen molar-refractivity contribution in [2.75, 3.05) is 5.32 Å². The maximum atomic E-state index is 13.2. The van der Waals surface area contributed by atoms with Crippen LogP contribution in [0.3, 0.4) is 0 Å². The first-order valence-electron chi connectivity index (χ1n) is 10.4. The van der Waals surface area contributed by atoms with E-state index in [1.54, 1.807) is 6.92 Å². The van der Waals surface area contributed by atoms with Gasteiger partial charge in [-0.2, -0.15) is 23.4 Å². The molecule has 1 amide bonds. The highest BCUT2D eigenvalue weighted by atomic mass is 19.4. The number of anilines is 1. The minimum Gasteiger partial charge on any atom is -0.305 e. The number of nitrogens with one attached hydrogen (secondary N) is 1. The molecule has 0 atom stereocenters. The fraction of sp³-hybridized carbons (Fsp3) is 0.130. The number of nitro groups is 1. The number of para-hydroxylation sites is 2. The summed E-state index contributed by atoms with van der Waals surface area (Å²) < 4.78 is 41.7. The predicted molar refractivity (Wildman–Crippen MR) is 122 cm³/mol. The van der Waals surface area contributed by atoms with Gasteiger partial charge in [0.2, 0.25) is 5.43 Å². The molecule has 2 aromatic heterocycles. The second-order valence-corrected chi connectivity index (χ2v) is 7.74. The van der Waals surface area contributed by atoms with Crippen molar-refractivity contribution >= 4 is 17.4 Å². The summed E-state index contributed by atoms with van der Waals surface area (Å²) in [4.78, 5) is 36.4. The second-order valence-electron chi connectivity index (χ2n) is 7.74. The molecular weight excluding hydrogens is 481 g/mol.